The van der Waals surface area contributed by atoms with Crippen LogP contribution in [-0.2, 0) is 14.3 Å². The minimum atomic E-state index is -0.930. The Labute approximate surface area is 157 Å². The molecular formula is C20H24N2O5. The molecule has 1 aliphatic carbocycles. The first-order valence-electron chi connectivity index (χ1n) is 9.61. The molecule has 4 rings (SSSR count). The fourth-order valence-electron chi connectivity index (χ4n) is 4.73. The lowest BCUT2D eigenvalue weighted by atomic mass is 9.94. The lowest BCUT2D eigenvalue weighted by Crippen LogP contribution is -2.43. The van der Waals surface area contributed by atoms with Crippen LogP contribution < -0.4 is 5.32 Å². The number of amides is 2. The van der Waals surface area contributed by atoms with Gasteiger partial charge in [-0.3, -0.25) is 9.59 Å². The summed E-state index contributed by atoms with van der Waals surface area (Å²) >= 11 is 0. The number of carbonyl (C=O) groups is 3. The summed E-state index contributed by atoms with van der Waals surface area (Å²) in [6.07, 6.45) is 4.00. The Bertz CT molecular complexity index is 758. The highest BCUT2D eigenvalue weighted by Crippen LogP contribution is 2.42. The van der Waals surface area contributed by atoms with E-state index in [9.17, 15) is 19.5 Å². The number of carboxylic acid groups (broad SMARTS) is 1. The molecule has 2 N–H and O–H groups in total. The molecule has 3 aliphatic rings. The molecule has 4 unspecified atom stereocenters. The summed E-state index contributed by atoms with van der Waals surface area (Å²) < 4.78 is 5.38. The predicted octanol–water partition coefficient (Wildman–Crippen LogP) is 2.13. The van der Waals surface area contributed by atoms with Crippen LogP contribution >= 0.6 is 0 Å². The van der Waals surface area contributed by atoms with Crippen LogP contribution in [0.25, 0.3) is 0 Å². The standard InChI is InChI=1S/C20H24N2O5/c23-18(16-8-3-9-27-16)21-14-6-1-4-12(10-14)19(24)22-11-13-5-2-7-15(13)17(22)20(25)26/h1,4,6,10,13,15-17H,2-3,5,7-9,11H2,(H,21,23)(H,25,26). The van der Waals surface area contributed by atoms with Crippen molar-refractivity contribution in [3.63, 3.8) is 0 Å². The summed E-state index contributed by atoms with van der Waals surface area (Å²) in [5, 5.41) is 12.4. The molecule has 3 fully saturated rings. The molecule has 2 amide bonds. The number of carbonyl (C=O) groups excluding carboxylic acids is 2. The number of aliphatic carboxylic acids is 1. The Hall–Kier alpha value is -2.41. The molecule has 2 aliphatic heterocycles. The van der Waals surface area contributed by atoms with Crippen molar-refractivity contribution in [1.82, 2.24) is 4.90 Å². The molecule has 1 saturated carbocycles. The fourth-order valence-corrected chi connectivity index (χ4v) is 4.73. The number of benzene rings is 1. The average Bonchev–Trinajstić information content (AvgIpc) is 3.37. The molecule has 27 heavy (non-hydrogen) atoms. The van der Waals surface area contributed by atoms with Crippen LogP contribution in [0.5, 0.6) is 0 Å². The monoisotopic (exact) mass is 372 g/mol. The molecular weight excluding hydrogens is 348 g/mol. The first-order chi connectivity index (χ1) is 13.0. The Morgan fingerprint density at radius 2 is 2.00 bits per heavy atom. The van der Waals surface area contributed by atoms with Crippen molar-refractivity contribution in [2.75, 3.05) is 18.5 Å². The third kappa shape index (κ3) is 3.43. The average molecular weight is 372 g/mol. The van der Waals surface area contributed by atoms with Gasteiger partial charge in [0, 0.05) is 24.4 Å². The first kappa shape index (κ1) is 18.0. The van der Waals surface area contributed by atoms with Crippen molar-refractivity contribution in [3.05, 3.63) is 29.8 Å². The summed E-state index contributed by atoms with van der Waals surface area (Å²) in [5.41, 5.74) is 0.916. The van der Waals surface area contributed by atoms with E-state index in [0.717, 1.165) is 25.7 Å². The second-order valence-electron chi connectivity index (χ2n) is 7.67. The molecule has 4 atom stereocenters. The number of hydrogen-bond donors (Lipinski definition) is 2. The van der Waals surface area contributed by atoms with Crippen molar-refractivity contribution >= 4 is 23.5 Å². The van der Waals surface area contributed by atoms with E-state index in [-0.39, 0.29) is 23.7 Å². The highest BCUT2D eigenvalue weighted by atomic mass is 16.5. The SMILES string of the molecule is O=C(Nc1cccc(C(=O)N2CC3CCCC3C2C(=O)O)c1)C1CCCO1. The molecule has 7 nitrogen and oxygen atoms in total. The van der Waals surface area contributed by atoms with Gasteiger partial charge in [-0.1, -0.05) is 12.5 Å². The summed E-state index contributed by atoms with van der Waals surface area (Å²) in [6, 6.07) is 5.94. The van der Waals surface area contributed by atoms with E-state index in [4.69, 9.17) is 4.74 Å². The third-order valence-corrected chi connectivity index (χ3v) is 6.00. The van der Waals surface area contributed by atoms with Crippen LogP contribution in [0, 0.1) is 11.8 Å². The second-order valence-corrected chi connectivity index (χ2v) is 7.67. The summed E-state index contributed by atoms with van der Waals surface area (Å²) in [5.74, 6) is -1.10. The smallest absolute Gasteiger partial charge is 0.326 e. The predicted molar refractivity (Wildman–Crippen MR) is 97.3 cm³/mol. The second kappa shape index (κ2) is 7.31. The van der Waals surface area contributed by atoms with Crippen LogP contribution in [0.4, 0.5) is 5.69 Å². The van der Waals surface area contributed by atoms with Gasteiger partial charge in [-0.2, -0.15) is 0 Å². The number of carboxylic acids is 1. The molecule has 0 aromatic heterocycles. The number of rotatable bonds is 4. The topological polar surface area (TPSA) is 95.9 Å². The van der Waals surface area contributed by atoms with E-state index in [1.165, 1.54) is 4.90 Å². The maximum atomic E-state index is 13.0. The van der Waals surface area contributed by atoms with Gasteiger partial charge >= 0.3 is 5.97 Å². The lowest BCUT2D eigenvalue weighted by molar-refractivity contribution is -0.142. The van der Waals surface area contributed by atoms with Gasteiger partial charge in [0.15, 0.2) is 0 Å². The van der Waals surface area contributed by atoms with Crippen molar-refractivity contribution in [2.24, 2.45) is 11.8 Å². The maximum Gasteiger partial charge on any atom is 0.326 e. The molecule has 2 heterocycles. The number of hydrogen-bond acceptors (Lipinski definition) is 4. The third-order valence-electron chi connectivity index (χ3n) is 6.00. The van der Waals surface area contributed by atoms with Crippen LogP contribution in [0.15, 0.2) is 24.3 Å². The van der Waals surface area contributed by atoms with E-state index in [0.29, 0.717) is 30.8 Å². The maximum absolute atomic E-state index is 13.0. The van der Waals surface area contributed by atoms with Gasteiger partial charge in [0.1, 0.15) is 12.1 Å². The van der Waals surface area contributed by atoms with Gasteiger partial charge < -0.3 is 20.1 Å². The quantitative estimate of drug-likeness (QED) is 0.844. The van der Waals surface area contributed by atoms with Crippen LogP contribution in [-0.4, -0.2) is 53.1 Å². The van der Waals surface area contributed by atoms with Crippen LogP contribution in [0.2, 0.25) is 0 Å². The van der Waals surface area contributed by atoms with E-state index < -0.39 is 18.1 Å². The Balaban J connectivity index is 1.50. The highest BCUT2D eigenvalue weighted by Gasteiger charge is 2.49. The Kier molecular flexibility index (Phi) is 4.86. The van der Waals surface area contributed by atoms with Crippen LogP contribution in [0.3, 0.4) is 0 Å². The molecule has 7 heteroatoms. The zero-order valence-electron chi connectivity index (χ0n) is 15.1. The molecule has 0 spiro atoms. The highest BCUT2D eigenvalue weighted by molar-refractivity contribution is 6.00. The number of nitrogens with zero attached hydrogens (tertiary/aromatic N) is 1. The fraction of sp³-hybridized carbons (Fsp3) is 0.550. The summed E-state index contributed by atoms with van der Waals surface area (Å²) in [7, 11) is 0. The van der Waals surface area contributed by atoms with Crippen molar-refractivity contribution in [2.45, 2.75) is 44.2 Å². The molecule has 144 valence electrons. The van der Waals surface area contributed by atoms with E-state index in [2.05, 4.69) is 5.32 Å². The minimum absolute atomic E-state index is 0.0499. The molecule has 1 aromatic carbocycles. The van der Waals surface area contributed by atoms with Crippen molar-refractivity contribution in [3.8, 4) is 0 Å². The van der Waals surface area contributed by atoms with Gasteiger partial charge in [-0.05, 0) is 55.7 Å². The van der Waals surface area contributed by atoms with Gasteiger partial charge in [0.05, 0.1) is 0 Å². The van der Waals surface area contributed by atoms with E-state index >= 15 is 0 Å². The molecule has 0 radical (unpaired) electrons. The van der Waals surface area contributed by atoms with Gasteiger partial charge in [0.2, 0.25) is 0 Å². The molecule has 1 aromatic rings. The normalized spacial score (nSPS) is 29.6. The zero-order chi connectivity index (χ0) is 19.0. The van der Waals surface area contributed by atoms with Crippen molar-refractivity contribution < 1.29 is 24.2 Å². The van der Waals surface area contributed by atoms with Gasteiger partial charge in [0.25, 0.3) is 11.8 Å². The van der Waals surface area contributed by atoms with Crippen molar-refractivity contribution in [1.29, 1.82) is 0 Å². The van der Waals surface area contributed by atoms with Gasteiger partial charge in [-0.15, -0.1) is 0 Å². The molecule has 0 bridgehead atoms. The lowest BCUT2D eigenvalue weighted by Gasteiger charge is -2.24. The number of fused-ring (bicyclic) bond motifs is 1. The zero-order valence-corrected chi connectivity index (χ0v) is 15.1. The Morgan fingerprint density at radius 3 is 2.74 bits per heavy atom. The number of ether oxygens (including phenoxy) is 1. The first-order valence-corrected chi connectivity index (χ1v) is 9.61. The summed E-state index contributed by atoms with van der Waals surface area (Å²) in [6.45, 7) is 1.08. The number of anilines is 1. The molecule has 2 saturated heterocycles. The van der Waals surface area contributed by atoms with Gasteiger partial charge in [-0.25, -0.2) is 4.79 Å². The largest absolute Gasteiger partial charge is 0.480 e. The number of nitrogens with one attached hydrogen (secondary N) is 1. The summed E-state index contributed by atoms with van der Waals surface area (Å²) in [4.78, 5) is 38.5. The van der Waals surface area contributed by atoms with E-state index in [1.807, 2.05) is 0 Å². The van der Waals surface area contributed by atoms with E-state index in [1.54, 1.807) is 24.3 Å². The Morgan fingerprint density at radius 1 is 1.15 bits per heavy atom. The number of likely N-dealkylation sites (tertiary alicyclic amines) is 1. The van der Waals surface area contributed by atoms with Crippen LogP contribution in [0.1, 0.15) is 42.5 Å². The minimum Gasteiger partial charge on any atom is -0.480 e.